The van der Waals surface area contributed by atoms with Crippen LogP contribution in [0.15, 0.2) is 36.6 Å². The number of benzene rings is 1. The van der Waals surface area contributed by atoms with Crippen LogP contribution in [0.5, 0.6) is 5.75 Å². The van der Waals surface area contributed by atoms with E-state index >= 15 is 0 Å². The van der Waals surface area contributed by atoms with Crippen LogP contribution in [-0.4, -0.2) is 26.8 Å². The Balaban J connectivity index is 2.38. The van der Waals surface area contributed by atoms with Crippen molar-refractivity contribution in [2.45, 2.75) is 33.6 Å². The summed E-state index contributed by atoms with van der Waals surface area (Å²) in [6.07, 6.45) is 4.09. The van der Waals surface area contributed by atoms with Crippen molar-refractivity contribution in [3.8, 4) is 5.75 Å². The summed E-state index contributed by atoms with van der Waals surface area (Å²) in [5.74, 6) is -1.15. The summed E-state index contributed by atoms with van der Waals surface area (Å²) < 4.78 is 44.2. The number of hydrogen-bond acceptors (Lipinski definition) is 4. The van der Waals surface area contributed by atoms with Crippen LogP contribution in [0.1, 0.15) is 32.8 Å². The monoisotopic (exact) mass is 408 g/mol. The van der Waals surface area contributed by atoms with Gasteiger partial charge >= 0.3 is 0 Å². The first kappa shape index (κ1) is 23.1. The van der Waals surface area contributed by atoms with Gasteiger partial charge in [-0.1, -0.05) is 26.8 Å². The molecule has 0 bridgehead atoms. The third kappa shape index (κ3) is 4.86. The average molecular weight is 408 g/mol. The second kappa shape index (κ2) is 9.53. The second-order valence-electron chi connectivity index (χ2n) is 7.97. The lowest BCUT2D eigenvalue weighted by Crippen LogP contribution is -2.40. The van der Waals surface area contributed by atoms with Gasteiger partial charge in [-0.2, -0.15) is 0 Å². The Hall–Kier alpha value is -2.21. The third-order valence-electron chi connectivity index (χ3n) is 6.12. The molecule has 0 spiro atoms. The molecule has 1 aromatic carbocycles. The fourth-order valence-corrected chi connectivity index (χ4v) is 3.88. The van der Waals surface area contributed by atoms with Crippen molar-refractivity contribution in [1.29, 1.82) is 0 Å². The molecular weight excluding hydrogens is 378 g/mol. The zero-order chi connectivity index (χ0) is 21.8. The number of allylic oxidation sites excluding steroid dienone is 3. The summed E-state index contributed by atoms with van der Waals surface area (Å²) in [6, 6.07) is 2.23. The van der Waals surface area contributed by atoms with Crippen LogP contribution in [0.25, 0.3) is 0 Å². The SMILES string of the molecule is C=CC(C)C1C[C@@](C)(C(C)Cc2cc(F)c(OC)cc2F)C(OCOC)=CC1=O. The van der Waals surface area contributed by atoms with E-state index in [1.54, 1.807) is 6.08 Å². The maximum absolute atomic E-state index is 14.5. The highest BCUT2D eigenvalue weighted by molar-refractivity contribution is 5.93. The number of carbonyl (C=O) groups excluding carboxylic acids is 1. The number of halogens is 2. The number of ether oxygens (including phenoxy) is 3. The molecule has 0 radical (unpaired) electrons. The molecule has 0 heterocycles. The molecule has 0 saturated carbocycles. The largest absolute Gasteiger partial charge is 0.494 e. The minimum Gasteiger partial charge on any atom is -0.494 e. The normalized spacial score (nSPS) is 23.9. The molecule has 160 valence electrons. The van der Waals surface area contributed by atoms with Gasteiger partial charge < -0.3 is 14.2 Å². The second-order valence-corrected chi connectivity index (χ2v) is 7.97. The zero-order valence-electron chi connectivity index (χ0n) is 17.8. The fourth-order valence-electron chi connectivity index (χ4n) is 3.88. The Morgan fingerprint density at radius 1 is 1.28 bits per heavy atom. The lowest BCUT2D eigenvalue weighted by atomic mass is 9.63. The highest BCUT2D eigenvalue weighted by atomic mass is 19.1. The summed E-state index contributed by atoms with van der Waals surface area (Å²) in [4.78, 5) is 12.6. The van der Waals surface area contributed by atoms with Gasteiger partial charge in [0, 0.05) is 30.6 Å². The van der Waals surface area contributed by atoms with Crippen molar-refractivity contribution < 1.29 is 27.8 Å². The van der Waals surface area contributed by atoms with E-state index in [2.05, 4.69) is 6.58 Å². The number of carbonyl (C=O) groups is 1. The molecular formula is C23H30F2O4. The summed E-state index contributed by atoms with van der Waals surface area (Å²) in [5, 5.41) is 0. The molecule has 0 fully saturated rings. The van der Waals surface area contributed by atoms with Gasteiger partial charge in [-0.05, 0) is 36.3 Å². The molecule has 6 heteroatoms. The first-order chi connectivity index (χ1) is 13.7. The van der Waals surface area contributed by atoms with Crippen LogP contribution in [0, 0.1) is 34.8 Å². The van der Waals surface area contributed by atoms with E-state index in [9.17, 15) is 13.6 Å². The molecule has 29 heavy (non-hydrogen) atoms. The van der Waals surface area contributed by atoms with Gasteiger partial charge in [-0.3, -0.25) is 4.79 Å². The molecule has 1 aliphatic carbocycles. The highest BCUT2D eigenvalue weighted by Crippen LogP contribution is 2.48. The Labute approximate surface area is 171 Å². The van der Waals surface area contributed by atoms with Crippen LogP contribution in [0.4, 0.5) is 8.78 Å². The van der Waals surface area contributed by atoms with Crippen LogP contribution < -0.4 is 4.74 Å². The van der Waals surface area contributed by atoms with Gasteiger partial charge in [0.2, 0.25) is 0 Å². The topological polar surface area (TPSA) is 44.8 Å². The van der Waals surface area contributed by atoms with E-state index in [4.69, 9.17) is 14.2 Å². The molecule has 0 aliphatic heterocycles. The molecule has 3 unspecified atom stereocenters. The summed E-state index contributed by atoms with van der Waals surface area (Å²) in [6.45, 7) is 9.72. The Kier molecular flexibility index (Phi) is 7.58. The first-order valence-electron chi connectivity index (χ1n) is 9.70. The van der Waals surface area contributed by atoms with E-state index in [-0.39, 0.29) is 48.1 Å². The van der Waals surface area contributed by atoms with Crippen molar-refractivity contribution in [1.82, 2.24) is 0 Å². The smallest absolute Gasteiger partial charge is 0.188 e. The van der Waals surface area contributed by atoms with Gasteiger partial charge in [0.15, 0.2) is 24.1 Å². The molecule has 1 aliphatic rings. The molecule has 4 nitrogen and oxygen atoms in total. The summed E-state index contributed by atoms with van der Waals surface area (Å²) in [5.41, 5.74) is -0.301. The number of methoxy groups -OCH3 is 2. The van der Waals surface area contributed by atoms with Crippen LogP contribution in [0.3, 0.4) is 0 Å². The Morgan fingerprint density at radius 3 is 2.55 bits per heavy atom. The summed E-state index contributed by atoms with van der Waals surface area (Å²) >= 11 is 0. The quantitative estimate of drug-likeness (QED) is 0.423. The maximum atomic E-state index is 14.5. The van der Waals surface area contributed by atoms with E-state index in [1.165, 1.54) is 26.4 Å². The minimum absolute atomic E-state index is 0.00856. The van der Waals surface area contributed by atoms with Gasteiger partial charge in [0.1, 0.15) is 11.6 Å². The number of rotatable bonds is 9. The maximum Gasteiger partial charge on any atom is 0.188 e. The molecule has 0 saturated heterocycles. The first-order valence-corrected chi connectivity index (χ1v) is 9.70. The van der Waals surface area contributed by atoms with E-state index < -0.39 is 17.0 Å². The van der Waals surface area contributed by atoms with E-state index in [0.29, 0.717) is 12.2 Å². The fraction of sp³-hybridized carbons (Fsp3) is 0.522. The molecule has 4 atom stereocenters. The van der Waals surface area contributed by atoms with Crippen LogP contribution >= 0.6 is 0 Å². The molecule has 0 aromatic heterocycles. The van der Waals surface area contributed by atoms with Gasteiger partial charge in [0.25, 0.3) is 0 Å². The standard InChI is InChI=1S/C23H30F2O4/c1-7-14(2)17-12-23(4,22(11-20(17)26)29-13-27-5)15(3)8-16-9-19(25)21(28-6)10-18(16)24/h7,9-11,14-15,17H,1,8,12-13H2,2-6H3/t14?,15?,17?,23-/m0/s1. The minimum atomic E-state index is -0.607. The average Bonchev–Trinajstić information content (AvgIpc) is 2.70. The van der Waals surface area contributed by atoms with Crippen molar-refractivity contribution >= 4 is 5.78 Å². The Morgan fingerprint density at radius 2 is 1.97 bits per heavy atom. The molecule has 0 amide bonds. The molecule has 0 N–H and O–H groups in total. The lowest BCUT2D eigenvalue weighted by molar-refractivity contribution is -0.123. The summed E-state index contributed by atoms with van der Waals surface area (Å²) in [7, 11) is 2.80. The van der Waals surface area contributed by atoms with Gasteiger partial charge in [-0.15, -0.1) is 6.58 Å². The van der Waals surface area contributed by atoms with E-state index in [1.807, 2.05) is 20.8 Å². The van der Waals surface area contributed by atoms with Crippen LogP contribution in [0.2, 0.25) is 0 Å². The highest BCUT2D eigenvalue weighted by Gasteiger charge is 2.45. The van der Waals surface area contributed by atoms with Crippen molar-refractivity contribution in [2.24, 2.45) is 23.2 Å². The number of ketones is 1. The predicted octanol–water partition coefficient (Wildman–Crippen LogP) is 5.07. The predicted molar refractivity (Wildman–Crippen MR) is 107 cm³/mol. The lowest BCUT2D eigenvalue weighted by Gasteiger charge is -2.43. The van der Waals surface area contributed by atoms with Crippen LogP contribution in [-0.2, 0) is 20.7 Å². The van der Waals surface area contributed by atoms with Crippen molar-refractivity contribution in [3.05, 3.63) is 53.8 Å². The molecule has 1 aromatic rings. The van der Waals surface area contributed by atoms with E-state index in [0.717, 1.165) is 6.07 Å². The third-order valence-corrected chi connectivity index (χ3v) is 6.12. The Bertz CT molecular complexity index is 789. The van der Waals surface area contributed by atoms with Gasteiger partial charge in [0.05, 0.1) is 7.11 Å². The van der Waals surface area contributed by atoms with Gasteiger partial charge in [-0.25, -0.2) is 8.78 Å². The van der Waals surface area contributed by atoms with Crippen molar-refractivity contribution in [3.63, 3.8) is 0 Å². The van der Waals surface area contributed by atoms with Crippen molar-refractivity contribution in [2.75, 3.05) is 21.0 Å². The number of hydrogen-bond donors (Lipinski definition) is 0. The zero-order valence-corrected chi connectivity index (χ0v) is 17.8. The molecule has 2 rings (SSSR count).